The Hall–Kier alpha value is -0.690. The van der Waals surface area contributed by atoms with Gasteiger partial charge in [-0.1, -0.05) is 13.8 Å². The molecule has 0 aromatic rings. The minimum Gasteiger partial charge on any atom is -0.481 e. The van der Waals surface area contributed by atoms with Gasteiger partial charge in [0.05, 0.1) is 18.6 Å². The van der Waals surface area contributed by atoms with E-state index in [-0.39, 0.29) is 12.5 Å². The smallest absolute Gasteiger partial charge is 0.307 e. The standard InChI is InChI=1S/C11H24N2O4/c1-7(2)4-5-9(8(3)14)13-17-10(12)6-11(15)16/h7-10,13-14H,4-6,12H2,1-3H3,(H,15,16)/t8-,9-,10-/m0/s1. The number of aliphatic hydroxyl groups excluding tert-OH is 1. The van der Waals surface area contributed by atoms with Gasteiger partial charge in [-0.15, -0.1) is 0 Å². The summed E-state index contributed by atoms with van der Waals surface area (Å²) in [7, 11) is 0. The molecule has 0 aliphatic heterocycles. The van der Waals surface area contributed by atoms with Crippen molar-refractivity contribution in [3.05, 3.63) is 0 Å². The Kier molecular flexibility index (Phi) is 8.07. The van der Waals surface area contributed by atoms with Gasteiger partial charge in [0.2, 0.25) is 0 Å². The number of carboxylic acids is 1. The van der Waals surface area contributed by atoms with Crippen LogP contribution in [-0.4, -0.2) is 34.6 Å². The molecule has 0 radical (unpaired) electrons. The first-order valence-corrected chi connectivity index (χ1v) is 5.89. The Balaban J connectivity index is 3.95. The molecule has 17 heavy (non-hydrogen) atoms. The van der Waals surface area contributed by atoms with Crippen LogP contribution in [0.3, 0.4) is 0 Å². The molecule has 0 rings (SSSR count). The highest BCUT2D eigenvalue weighted by molar-refractivity contribution is 5.67. The van der Waals surface area contributed by atoms with Crippen LogP contribution in [0, 0.1) is 5.92 Å². The maximum absolute atomic E-state index is 10.4. The van der Waals surface area contributed by atoms with Crippen LogP contribution in [0.5, 0.6) is 0 Å². The minimum atomic E-state index is -1.02. The lowest BCUT2D eigenvalue weighted by atomic mass is 10.0. The molecule has 0 fully saturated rings. The molecule has 0 aliphatic rings. The number of aliphatic carboxylic acids is 1. The summed E-state index contributed by atoms with van der Waals surface area (Å²) in [5, 5.41) is 18.0. The van der Waals surface area contributed by atoms with Gasteiger partial charge in [0.1, 0.15) is 6.23 Å². The molecule has 0 bridgehead atoms. The second-order valence-corrected chi connectivity index (χ2v) is 4.69. The van der Waals surface area contributed by atoms with E-state index in [0.29, 0.717) is 5.92 Å². The molecule has 102 valence electrons. The average molecular weight is 248 g/mol. The van der Waals surface area contributed by atoms with Crippen LogP contribution in [0.1, 0.15) is 40.0 Å². The summed E-state index contributed by atoms with van der Waals surface area (Å²) in [5.41, 5.74) is 8.07. The third-order valence-corrected chi connectivity index (χ3v) is 2.38. The van der Waals surface area contributed by atoms with Crippen molar-refractivity contribution in [2.45, 2.75) is 58.4 Å². The number of hydrogen-bond acceptors (Lipinski definition) is 5. The summed E-state index contributed by atoms with van der Waals surface area (Å²) in [4.78, 5) is 15.4. The molecule has 0 unspecified atom stereocenters. The van der Waals surface area contributed by atoms with Gasteiger partial charge in [0, 0.05) is 0 Å². The average Bonchev–Trinajstić information content (AvgIpc) is 2.15. The Morgan fingerprint density at radius 3 is 2.35 bits per heavy atom. The molecule has 0 aromatic heterocycles. The first kappa shape index (κ1) is 16.3. The topological polar surface area (TPSA) is 105 Å². The second kappa shape index (κ2) is 8.41. The SMILES string of the molecule is CC(C)CC[C@H](NO[C@H](N)CC(=O)O)[C@H](C)O. The number of aliphatic hydroxyl groups is 1. The third-order valence-electron chi connectivity index (χ3n) is 2.38. The van der Waals surface area contributed by atoms with Crippen LogP contribution in [-0.2, 0) is 9.63 Å². The molecule has 0 saturated heterocycles. The zero-order chi connectivity index (χ0) is 13.4. The van der Waals surface area contributed by atoms with Crippen molar-refractivity contribution in [3.8, 4) is 0 Å². The molecule has 3 atom stereocenters. The Morgan fingerprint density at radius 1 is 1.35 bits per heavy atom. The highest BCUT2D eigenvalue weighted by Gasteiger charge is 2.17. The van der Waals surface area contributed by atoms with Crippen molar-refractivity contribution in [1.82, 2.24) is 5.48 Å². The summed E-state index contributed by atoms with van der Waals surface area (Å²) in [6, 6.07) is -0.239. The Morgan fingerprint density at radius 2 is 1.94 bits per heavy atom. The highest BCUT2D eigenvalue weighted by Crippen LogP contribution is 2.09. The number of rotatable bonds is 9. The van der Waals surface area contributed by atoms with Crippen LogP contribution in [0.25, 0.3) is 0 Å². The lowest BCUT2D eigenvalue weighted by molar-refractivity contribution is -0.143. The molecule has 0 saturated carbocycles. The molecule has 0 aliphatic carbocycles. The van der Waals surface area contributed by atoms with Crippen molar-refractivity contribution in [2.75, 3.05) is 0 Å². The molecule has 0 heterocycles. The van der Waals surface area contributed by atoms with E-state index in [1.165, 1.54) is 0 Å². The van der Waals surface area contributed by atoms with Gasteiger partial charge in [-0.25, -0.2) is 0 Å². The molecule has 0 amide bonds. The largest absolute Gasteiger partial charge is 0.481 e. The number of hydroxylamine groups is 1. The summed E-state index contributed by atoms with van der Waals surface area (Å²) in [6.45, 7) is 5.84. The van der Waals surface area contributed by atoms with E-state index in [2.05, 4.69) is 19.3 Å². The van der Waals surface area contributed by atoms with Gasteiger partial charge >= 0.3 is 5.97 Å². The Bertz CT molecular complexity index is 222. The monoisotopic (exact) mass is 248 g/mol. The molecule has 5 N–H and O–H groups in total. The number of carboxylic acid groups (broad SMARTS) is 1. The minimum absolute atomic E-state index is 0.239. The normalized spacial score (nSPS) is 16.8. The zero-order valence-electron chi connectivity index (χ0n) is 10.7. The third kappa shape index (κ3) is 9.05. The Labute approximate surface area is 102 Å². The fourth-order valence-corrected chi connectivity index (χ4v) is 1.30. The van der Waals surface area contributed by atoms with Gasteiger partial charge in [0.15, 0.2) is 0 Å². The van der Waals surface area contributed by atoms with E-state index >= 15 is 0 Å². The van der Waals surface area contributed by atoms with Crippen molar-refractivity contribution >= 4 is 5.97 Å². The zero-order valence-corrected chi connectivity index (χ0v) is 10.7. The first-order chi connectivity index (χ1) is 7.82. The van der Waals surface area contributed by atoms with Gasteiger partial charge in [0.25, 0.3) is 0 Å². The lowest BCUT2D eigenvalue weighted by Crippen LogP contribution is -2.43. The first-order valence-electron chi connectivity index (χ1n) is 5.89. The number of nitrogens with two attached hydrogens (primary N) is 1. The summed E-state index contributed by atoms with van der Waals surface area (Å²) in [5.74, 6) is -0.485. The van der Waals surface area contributed by atoms with Crippen LogP contribution in [0.2, 0.25) is 0 Å². The van der Waals surface area contributed by atoms with Gasteiger partial charge in [-0.3, -0.25) is 9.63 Å². The van der Waals surface area contributed by atoms with Crippen LogP contribution >= 0.6 is 0 Å². The van der Waals surface area contributed by atoms with Crippen molar-refractivity contribution in [1.29, 1.82) is 0 Å². The molecule has 6 nitrogen and oxygen atoms in total. The lowest BCUT2D eigenvalue weighted by Gasteiger charge is -2.23. The summed E-state index contributed by atoms with van der Waals surface area (Å²) < 4.78 is 0. The number of nitrogens with one attached hydrogen (secondary N) is 1. The predicted molar refractivity (Wildman–Crippen MR) is 64.0 cm³/mol. The van der Waals surface area contributed by atoms with Crippen LogP contribution < -0.4 is 11.2 Å². The van der Waals surface area contributed by atoms with Crippen molar-refractivity contribution < 1.29 is 19.8 Å². The fraction of sp³-hybridized carbons (Fsp3) is 0.909. The summed E-state index contributed by atoms with van der Waals surface area (Å²) in [6.07, 6.45) is -0.0718. The molecule has 6 heteroatoms. The van der Waals surface area contributed by atoms with Crippen molar-refractivity contribution in [3.63, 3.8) is 0 Å². The highest BCUT2D eigenvalue weighted by atomic mass is 16.7. The van der Waals surface area contributed by atoms with E-state index in [0.717, 1.165) is 12.8 Å². The van der Waals surface area contributed by atoms with Gasteiger partial charge < -0.3 is 15.9 Å². The summed E-state index contributed by atoms with van der Waals surface area (Å²) >= 11 is 0. The predicted octanol–water partition coefficient (Wildman–Crippen LogP) is 0.453. The fourth-order valence-electron chi connectivity index (χ4n) is 1.30. The molecular formula is C11H24N2O4. The van der Waals surface area contributed by atoms with E-state index in [1.807, 2.05) is 0 Å². The van der Waals surface area contributed by atoms with Crippen molar-refractivity contribution in [2.24, 2.45) is 11.7 Å². The van der Waals surface area contributed by atoms with E-state index in [9.17, 15) is 9.90 Å². The second-order valence-electron chi connectivity index (χ2n) is 4.69. The van der Waals surface area contributed by atoms with Gasteiger partial charge in [-0.05, 0) is 25.7 Å². The van der Waals surface area contributed by atoms with E-state index in [1.54, 1.807) is 6.92 Å². The number of hydrogen-bond donors (Lipinski definition) is 4. The van der Waals surface area contributed by atoms with Crippen LogP contribution in [0.15, 0.2) is 0 Å². The molecule has 0 aromatic carbocycles. The molecule has 0 spiro atoms. The number of carbonyl (C=O) groups is 1. The molecular weight excluding hydrogens is 224 g/mol. The van der Waals surface area contributed by atoms with E-state index in [4.69, 9.17) is 15.7 Å². The maximum Gasteiger partial charge on any atom is 0.307 e. The van der Waals surface area contributed by atoms with E-state index < -0.39 is 18.3 Å². The van der Waals surface area contributed by atoms with Crippen LogP contribution in [0.4, 0.5) is 0 Å². The maximum atomic E-state index is 10.4. The quantitative estimate of drug-likeness (QED) is 0.349. The van der Waals surface area contributed by atoms with Gasteiger partial charge in [-0.2, -0.15) is 5.48 Å².